The lowest BCUT2D eigenvalue weighted by Gasteiger charge is -2.21. The lowest BCUT2D eigenvalue weighted by atomic mass is 9.93. The Morgan fingerprint density at radius 1 is 1.29 bits per heavy atom. The fraction of sp³-hybridized carbons (Fsp3) is 0.250. The van der Waals surface area contributed by atoms with Crippen LogP contribution in [0.1, 0.15) is 12.5 Å². The van der Waals surface area contributed by atoms with E-state index < -0.39 is 17.4 Å². The van der Waals surface area contributed by atoms with E-state index in [1.807, 2.05) is 6.07 Å². The first kappa shape index (κ1) is 15.0. The van der Waals surface area contributed by atoms with Gasteiger partial charge in [-0.1, -0.05) is 30.3 Å². The van der Waals surface area contributed by atoms with E-state index >= 15 is 0 Å². The predicted molar refractivity (Wildman–Crippen MR) is 80.0 cm³/mol. The fourth-order valence-corrected chi connectivity index (χ4v) is 2.27. The number of nitrogens with one attached hydrogen (secondary N) is 1. The minimum Gasteiger partial charge on any atom is -0.383 e. The summed E-state index contributed by atoms with van der Waals surface area (Å²) in [6, 6.07) is 8.92. The Kier molecular flexibility index (Phi) is 3.95. The minimum absolute atomic E-state index is 0.0238. The molecule has 2 N–H and O–H groups in total. The number of ketones is 1. The van der Waals surface area contributed by atoms with Gasteiger partial charge in [0, 0.05) is 31.9 Å². The van der Waals surface area contributed by atoms with Gasteiger partial charge in [0.1, 0.15) is 0 Å². The van der Waals surface area contributed by atoms with Crippen molar-refractivity contribution in [1.29, 1.82) is 0 Å². The molecule has 0 bridgehead atoms. The van der Waals surface area contributed by atoms with E-state index in [1.165, 1.54) is 13.0 Å². The molecule has 5 heteroatoms. The second-order valence-electron chi connectivity index (χ2n) is 5.29. The third kappa shape index (κ3) is 3.03. The molecule has 1 aliphatic heterocycles. The van der Waals surface area contributed by atoms with Crippen molar-refractivity contribution < 1.29 is 14.7 Å². The summed E-state index contributed by atoms with van der Waals surface area (Å²) < 4.78 is 0. The topological polar surface area (TPSA) is 69.6 Å². The Hall–Kier alpha value is -2.40. The highest BCUT2D eigenvalue weighted by Crippen LogP contribution is 2.34. The van der Waals surface area contributed by atoms with Crippen molar-refractivity contribution >= 4 is 17.3 Å². The molecule has 1 amide bonds. The molecule has 1 aliphatic rings. The van der Waals surface area contributed by atoms with Gasteiger partial charge in [0.05, 0.1) is 5.57 Å². The predicted octanol–water partition coefficient (Wildman–Crippen LogP) is 0.923. The largest absolute Gasteiger partial charge is 0.383 e. The van der Waals surface area contributed by atoms with Crippen LogP contribution < -0.4 is 5.32 Å². The summed E-state index contributed by atoms with van der Waals surface area (Å²) in [7, 11) is 3.56. The Labute approximate surface area is 123 Å². The van der Waals surface area contributed by atoms with Crippen LogP contribution in [-0.4, -0.2) is 41.5 Å². The van der Waals surface area contributed by atoms with Crippen molar-refractivity contribution in [2.24, 2.45) is 0 Å². The van der Waals surface area contributed by atoms with Crippen molar-refractivity contribution in [2.75, 3.05) is 14.1 Å². The van der Waals surface area contributed by atoms with Gasteiger partial charge in [-0.3, -0.25) is 9.59 Å². The maximum absolute atomic E-state index is 12.3. The molecule has 0 fully saturated rings. The molecule has 21 heavy (non-hydrogen) atoms. The summed E-state index contributed by atoms with van der Waals surface area (Å²) in [6.45, 7) is 1.46. The molecule has 0 saturated heterocycles. The van der Waals surface area contributed by atoms with Gasteiger partial charge >= 0.3 is 0 Å². The van der Waals surface area contributed by atoms with Crippen LogP contribution in [0.25, 0.3) is 5.57 Å². The van der Waals surface area contributed by atoms with E-state index in [0.717, 1.165) is 0 Å². The van der Waals surface area contributed by atoms with E-state index in [1.54, 1.807) is 49.5 Å². The summed E-state index contributed by atoms with van der Waals surface area (Å²) in [5.74, 6) is -0.995. The first-order valence-corrected chi connectivity index (χ1v) is 6.57. The number of hydrogen-bond acceptors (Lipinski definition) is 4. The summed E-state index contributed by atoms with van der Waals surface area (Å²) in [5, 5.41) is 12.8. The van der Waals surface area contributed by atoms with Crippen LogP contribution >= 0.6 is 0 Å². The van der Waals surface area contributed by atoms with Crippen LogP contribution in [0.5, 0.6) is 0 Å². The van der Waals surface area contributed by atoms with Crippen LogP contribution in [0, 0.1) is 0 Å². The number of carbonyl (C=O) groups is 2. The molecular formula is C16H18N2O3. The first-order chi connectivity index (χ1) is 9.83. The standard InChI is InChI=1S/C16H18N2O3/c1-16(21)14(11-7-5-4-6-8-11)13(15(20)17-16)12(19)9-10-18(2)3/h4-10,21H,1-3H3,(H,17,20)/b10-9+. The van der Waals surface area contributed by atoms with Crippen LogP contribution in [0.3, 0.4) is 0 Å². The Bertz CT molecular complexity index is 628. The van der Waals surface area contributed by atoms with Gasteiger partial charge in [-0.15, -0.1) is 0 Å². The van der Waals surface area contributed by atoms with Crippen LogP contribution in [0.15, 0.2) is 48.2 Å². The molecular weight excluding hydrogens is 268 g/mol. The molecule has 1 atom stereocenters. The second-order valence-corrected chi connectivity index (χ2v) is 5.29. The van der Waals surface area contributed by atoms with E-state index in [2.05, 4.69) is 5.32 Å². The van der Waals surface area contributed by atoms with E-state index in [4.69, 9.17) is 0 Å². The number of carbonyl (C=O) groups excluding carboxylic acids is 2. The molecule has 1 aromatic rings. The molecule has 0 aromatic heterocycles. The van der Waals surface area contributed by atoms with Crippen molar-refractivity contribution in [2.45, 2.75) is 12.6 Å². The molecule has 5 nitrogen and oxygen atoms in total. The molecule has 0 radical (unpaired) electrons. The van der Waals surface area contributed by atoms with Crippen LogP contribution in [0.2, 0.25) is 0 Å². The number of benzene rings is 1. The second kappa shape index (κ2) is 5.54. The van der Waals surface area contributed by atoms with Crippen molar-refractivity contribution in [3.05, 3.63) is 53.7 Å². The average Bonchev–Trinajstić information content (AvgIpc) is 2.66. The number of amides is 1. The monoisotopic (exact) mass is 286 g/mol. The van der Waals surface area contributed by atoms with Gasteiger partial charge in [-0.25, -0.2) is 0 Å². The highest BCUT2D eigenvalue weighted by Gasteiger charge is 2.42. The highest BCUT2D eigenvalue weighted by atomic mass is 16.3. The zero-order chi connectivity index (χ0) is 15.6. The van der Waals surface area contributed by atoms with E-state index in [0.29, 0.717) is 11.1 Å². The van der Waals surface area contributed by atoms with Gasteiger partial charge in [0.25, 0.3) is 5.91 Å². The lowest BCUT2D eigenvalue weighted by molar-refractivity contribution is -0.122. The third-order valence-electron chi connectivity index (χ3n) is 3.15. The third-order valence-corrected chi connectivity index (χ3v) is 3.15. The van der Waals surface area contributed by atoms with E-state index in [9.17, 15) is 14.7 Å². The van der Waals surface area contributed by atoms with Gasteiger partial charge in [-0.2, -0.15) is 0 Å². The SMILES string of the molecule is CN(C)/C=C/C(=O)C1=C(c2ccccc2)C(C)(O)NC1=O. The molecule has 2 rings (SSSR count). The number of allylic oxidation sites excluding steroid dienone is 1. The van der Waals surface area contributed by atoms with Crippen LogP contribution in [0.4, 0.5) is 0 Å². The fourth-order valence-electron chi connectivity index (χ4n) is 2.27. The van der Waals surface area contributed by atoms with Gasteiger partial charge in [0.2, 0.25) is 0 Å². The average molecular weight is 286 g/mol. The van der Waals surface area contributed by atoms with Crippen LogP contribution in [-0.2, 0) is 9.59 Å². The van der Waals surface area contributed by atoms with Crippen molar-refractivity contribution in [1.82, 2.24) is 10.2 Å². The summed E-state index contributed by atoms with van der Waals surface area (Å²) in [5.41, 5.74) is -0.636. The summed E-state index contributed by atoms with van der Waals surface area (Å²) in [6.07, 6.45) is 2.89. The number of hydrogen-bond donors (Lipinski definition) is 2. The molecule has 0 saturated carbocycles. The normalized spacial score (nSPS) is 21.8. The summed E-state index contributed by atoms with van der Waals surface area (Å²) in [4.78, 5) is 26.1. The maximum Gasteiger partial charge on any atom is 0.258 e. The number of aliphatic hydroxyl groups is 1. The number of rotatable bonds is 4. The Balaban J connectivity index is 2.55. The lowest BCUT2D eigenvalue weighted by Crippen LogP contribution is -2.40. The Morgan fingerprint density at radius 2 is 1.90 bits per heavy atom. The molecule has 110 valence electrons. The maximum atomic E-state index is 12.3. The molecule has 1 unspecified atom stereocenters. The van der Waals surface area contributed by atoms with Gasteiger partial charge in [-0.05, 0) is 12.5 Å². The number of nitrogens with zero attached hydrogens (tertiary/aromatic N) is 1. The zero-order valence-corrected chi connectivity index (χ0v) is 12.3. The van der Waals surface area contributed by atoms with Gasteiger partial charge in [0.15, 0.2) is 11.5 Å². The smallest absolute Gasteiger partial charge is 0.258 e. The zero-order valence-electron chi connectivity index (χ0n) is 12.3. The van der Waals surface area contributed by atoms with Gasteiger partial charge < -0.3 is 15.3 Å². The summed E-state index contributed by atoms with van der Waals surface area (Å²) >= 11 is 0. The van der Waals surface area contributed by atoms with E-state index in [-0.39, 0.29) is 5.57 Å². The Morgan fingerprint density at radius 3 is 2.48 bits per heavy atom. The van der Waals surface area contributed by atoms with Crippen molar-refractivity contribution in [3.63, 3.8) is 0 Å². The molecule has 1 aromatic carbocycles. The quantitative estimate of drug-likeness (QED) is 0.638. The van der Waals surface area contributed by atoms with Crippen molar-refractivity contribution in [3.8, 4) is 0 Å². The first-order valence-electron chi connectivity index (χ1n) is 6.57. The molecule has 0 spiro atoms. The highest BCUT2D eigenvalue weighted by molar-refractivity contribution is 6.30. The molecule has 0 aliphatic carbocycles. The molecule has 1 heterocycles. The minimum atomic E-state index is -1.56.